The predicted molar refractivity (Wildman–Crippen MR) is 77.8 cm³/mol. The molecule has 4 nitrogen and oxygen atoms in total. The minimum Gasteiger partial charge on any atom is -0.398 e. The minimum atomic E-state index is -3.86. The van der Waals surface area contributed by atoms with Gasteiger partial charge in [0.05, 0.1) is 16.4 Å². The molecule has 0 radical (unpaired) electrons. The molecule has 7 heteroatoms. The number of nitrogens with two attached hydrogens (primary N) is 1. The number of halogens is 2. The van der Waals surface area contributed by atoms with Crippen LogP contribution in [0.2, 0.25) is 5.02 Å². The van der Waals surface area contributed by atoms with E-state index in [1.807, 2.05) is 0 Å². The molecule has 106 valence electrons. The summed E-state index contributed by atoms with van der Waals surface area (Å²) in [5.41, 5.74) is 6.54. The lowest BCUT2D eigenvalue weighted by atomic mass is 10.2. The Bertz CT molecular complexity index is 743. The van der Waals surface area contributed by atoms with Crippen molar-refractivity contribution < 1.29 is 12.8 Å². The summed E-state index contributed by atoms with van der Waals surface area (Å²) in [7, 11) is -3.86. The Kier molecular flexibility index (Phi) is 3.87. The molecular formula is C13H12ClFN2O2S. The second kappa shape index (κ2) is 5.30. The van der Waals surface area contributed by atoms with Crippen molar-refractivity contribution in [2.45, 2.75) is 11.8 Å². The number of anilines is 2. The van der Waals surface area contributed by atoms with Crippen LogP contribution < -0.4 is 10.5 Å². The van der Waals surface area contributed by atoms with Crippen molar-refractivity contribution in [3.8, 4) is 0 Å². The number of nitrogens with one attached hydrogen (secondary N) is 1. The van der Waals surface area contributed by atoms with Crippen LogP contribution >= 0.6 is 11.6 Å². The van der Waals surface area contributed by atoms with Crippen LogP contribution in [0, 0.1) is 12.7 Å². The van der Waals surface area contributed by atoms with Gasteiger partial charge in [-0.2, -0.15) is 0 Å². The van der Waals surface area contributed by atoms with Gasteiger partial charge in [-0.3, -0.25) is 4.72 Å². The number of nitrogen functional groups attached to an aromatic ring is 1. The number of benzene rings is 2. The van der Waals surface area contributed by atoms with Gasteiger partial charge in [0.2, 0.25) is 0 Å². The highest BCUT2D eigenvalue weighted by Crippen LogP contribution is 2.26. The lowest BCUT2D eigenvalue weighted by Crippen LogP contribution is -2.16. The largest absolute Gasteiger partial charge is 0.398 e. The molecule has 0 bridgehead atoms. The first-order valence-corrected chi connectivity index (χ1v) is 7.50. The summed E-state index contributed by atoms with van der Waals surface area (Å²) in [6.07, 6.45) is 0. The Balaban J connectivity index is 2.43. The van der Waals surface area contributed by atoms with Crippen LogP contribution in [-0.4, -0.2) is 8.42 Å². The summed E-state index contributed by atoms with van der Waals surface area (Å²) < 4.78 is 40.0. The summed E-state index contributed by atoms with van der Waals surface area (Å²) in [6, 6.07) is 8.37. The lowest BCUT2D eigenvalue weighted by molar-refractivity contribution is 0.601. The van der Waals surface area contributed by atoms with E-state index in [-0.39, 0.29) is 21.3 Å². The third kappa shape index (κ3) is 2.86. The highest BCUT2D eigenvalue weighted by atomic mass is 35.5. The molecule has 0 unspecified atom stereocenters. The van der Waals surface area contributed by atoms with Crippen LogP contribution in [0.5, 0.6) is 0 Å². The predicted octanol–water partition coefficient (Wildman–Crippen LogP) is 3.17. The smallest absolute Gasteiger partial charge is 0.264 e. The first-order valence-electron chi connectivity index (χ1n) is 5.64. The molecule has 0 saturated heterocycles. The maximum atomic E-state index is 13.1. The van der Waals surface area contributed by atoms with Crippen LogP contribution in [0.15, 0.2) is 41.3 Å². The van der Waals surface area contributed by atoms with Crippen molar-refractivity contribution in [2.24, 2.45) is 0 Å². The molecule has 2 rings (SSSR count). The second-order valence-corrected chi connectivity index (χ2v) is 6.25. The summed E-state index contributed by atoms with van der Waals surface area (Å²) in [6.45, 7) is 1.64. The Hall–Kier alpha value is -1.79. The average Bonchev–Trinajstić information content (AvgIpc) is 2.33. The maximum absolute atomic E-state index is 13.1. The molecular weight excluding hydrogens is 303 g/mol. The topological polar surface area (TPSA) is 72.2 Å². The SMILES string of the molecule is Cc1cccc(N)c1S(=O)(=O)Nc1ccc(F)c(Cl)c1. The third-order valence-electron chi connectivity index (χ3n) is 2.68. The van der Waals surface area contributed by atoms with Crippen molar-refractivity contribution >= 4 is 33.0 Å². The fourth-order valence-corrected chi connectivity index (χ4v) is 3.40. The monoisotopic (exact) mass is 314 g/mol. The van der Waals surface area contributed by atoms with Gasteiger partial charge in [0.25, 0.3) is 10.0 Å². The van der Waals surface area contributed by atoms with Crippen LogP contribution in [0.4, 0.5) is 15.8 Å². The summed E-state index contributed by atoms with van der Waals surface area (Å²) in [4.78, 5) is 0.000414. The van der Waals surface area contributed by atoms with Crippen molar-refractivity contribution in [1.29, 1.82) is 0 Å². The Morgan fingerprint density at radius 1 is 1.25 bits per heavy atom. The molecule has 0 aliphatic rings. The van der Waals surface area contributed by atoms with Crippen LogP contribution in [0.1, 0.15) is 5.56 Å². The molecule has 2 aromatic rings. The lowest BCUT2D eigenvalue weighted by Gasteiger charge is -2.12. The Labute approximate surface area is 121 Å². The fraction of sp³-hybridized carbons (Fsp3) is 0.0769. The molecule has 20 heavy (non-hydrogen) atoms. The van der Waals surface area contributed by atoms with E-state index in [1.165, 1.54) is 18.2 Å². The van der Waals surface area contributed by atoms with E-state index in [9.17, 15) is 12.8 Å². The van der Waals surface area contributed by atoms with Gasteiger partial charge in [0, 0.05) is 0 Å². The van der Waals surface area contributed by atoms with E-state index < -0.39 is 15.8 Å². The number of hydrogen-bond acceptors (Lipinski definition) is 3. The molecule has 0 heterocycles. The molecule has 0 aliphatic carbocycles. The van der Waals surface area contributed by atoms with Gasteiger partial charge in [-0.05, 0) is 36.8 Å². The molecule has 2 aromatic carbocycles. The first-order chi connectivity index (χ1) is 9.31. The van der Waals surface area contributed by atoms with Gasteiger partial charge >= 0.3 is 0 Å². The van der Waals surface area contributed by atoms with Crippen LogP contribution in [0.3, 0.4) is 0 Å². The zero-order chi connectivity index (χ0) is 14.9. The average molecular weight is 315 g/mol. The van der Waals surface area contributed by atoms with Crippen molar-refractivity contribution in [3.05, 3.63) is 52.8 Å². The van der Waals surface area contributed by atoms with E-state index >= 15 is 0 Å². The van der Waals surface area contributed by atoms with Crippen molar-refractivity contribution in [3.63, 3.8) is 0 Å². The van der Waals surface area contributed by atoms with Gasteiger partial charge in [-0.25, -0.2) is 12.8 Å². The maximum Gasteiger partial charge on any atom is 0.264 e. The van der Waals surface area contributed by atoms with E-state index in [1.54, 1.807) is 19.1 Å². The van der Waals surface area contributed by atoms with Gasteiger partial charge in [0.1, 0.15) is 10.7 Å². The number of aryl methyl sites for hydroxylation is 1. The Morgan fingerprint density at radius 2 is 1.95 bits per heavy atom. The second-order valence-electron chi connectivity index (χ2n) is 4.23. The molecule has 0 aromatic heterocycles. The third-order valence-corrected chi connectivity index (χ3v) is 4.57. The summed E-state index contributed by atoms with van der Waals surface area (Å²) >= 11 is 5.62. The quantitative estimate of drug-likeness (QED) is 0.855. The molecule has 0 amide bonds. The standard InChI is InChI=1S/C13H12ClFN2O2S/c1-8-3-2-4-12(16)13(8)20(18,19)17-9-5-6-11(15)10(14)7-9/h2-7,17H,16H2,1H3. The molecule has 0 saturated carbocycles. The van der Waals surface area contributed by atoms with Gasteiger partial charge in [-0.1, -0.05) is 23.7 Å². The molecule has 0 atom stereocenters. The van der Waals surface area contributed by atoms with Gasteiger partial charge < -0.3 is 5.73 Å². The van der Waals surface area contributed by atoms with Crippen LogP contribution in [0.25, 0.3) is 0 Å². The normalized spacial score (nSPS) is 11.3. The van der Waals surface area contributed by atoms with E-state index in [2.05, 4.69) is 4.72 Å². The minimum absolute atomic E-state index is 0.000414. The molecule has 0 aliphatic heterocycles. The fourth-order valence-electron chi connectivity index (χ4n) is 1.81. The molecule has 0 fully saturated rings. The van der Waals surface area contributed by atoms with Crippen LogP contribution in [-0.2, 0) is 10.0 Å². The molecule has 0 spiro atoms. The summed E-state index contributed by atoms with van der Waals surface area (Å²) in [5.74, 6) is -0.620. The molecule has 3 N–H and O–H groups in total. The summed E-state index contributed by atoms with van der Waals surface area (Å²) in [5, 5.41) is -0.164. The number of sulfonamides is 1. The van der Waals surface area contributed by atoms with E-state index in [0.717, 1.165) is 6.07 Å². The zero-order valence-corrected chi connectivity index (χ0v) is 12.1. The zero-order valence-electron chi connectivity index (χ0n) is 10.5. The van der Waals surface area contributed by atoms with Gasteiger partial charge in [0.15, 0.2) is 0 Å². The number of rotatable bonds is 3. The number of hydrogen-bond donors (Lipinski definition) is 2. The van der Waals surface area contributed by atoms with E-state index in [4.69, 9.17) is 17.3 Å². The van der Waals surface area contributed by atoms with Gasteiger partial charge in [-0.15, -0.1) is 0 Å². The van der Waals surface area contributed by atoms with Crippen molar-refractivity contribution in [2.75, 3.05) is 10.5 Å². The first kappa shape index (κ1) is 14.6. The Morgan fingerprint density at radius 3 is 2.55 bits per heavy atom. The van der Waals surface area contributed by atoms with Crippen molar-refractivity contribution in [1.82, 2.24) is 0 Å². The highest BCUT2D eigenvalue weighted by molar-refractivity contribution is 7.93. The highest BCUT2D eigenvalue weighted by Gasteiger charge is 2.20. The van der Waals surface area contributed by atoms with E-state index in [0.29, 0.717) is 5.56 Å².